The number of hydrogen-bond donors (Lipinski definition) is 3. The number of oxazole rings is 1. The van der Waals surface area contributed by atoms with Crippen LogP contribution in [-0.2, 0) is 17.5 Å². The molecule has 1 saturated heterocycles. The number of hydrogen-bond acceptors (Lipinski definition) is 5. The van der Waals surface area contributed by atoms with Gasteiger partial charge in [0, 0.05) is 30.6 Å². The van der Waals surface area contributed by atoms with Gasteiger partial charge in [0.1, 0.15) is 0 Å². The van der Waals surface area contributed by atoms with Gasteiger partial charge in [-0.1, -0.05) is 18.2 Å². The highest BCUT2D eigenvalue weighted by Gasteiger charge is 2.33. The average Bonchev–Trinajstić information content (AvgIpc) is 3.28. The number of aromatic nitrogens is 1. The van der Waals surface area contributed by atoms with E-state index in [9.17, 15) is 22.8 Å². The molecule has 10 heteroatoms. The molecule has 3 aromatic rings. The SMILES string of the molecule is CC(=O)Nc1ccc(-c2oc(C3CCNCC3)nc2C(=O)NCc2ccccc2C(F)(F)F)cc1. The number of alkyl halides is 3. The van der Waals surface area contributed by atoms with Crippen LogP contribution >= 0.6 is 0 Å². The summed E-state index contributed by atoms with van der Waals surface area (Å²) in [7, 11) is 0. The van der Waals surface area contributed by atoms with Crippen LogP contribution in [-0.4, -0.2) is 29.9 Å². The highest BCUT2D eigenvalue weighted by molar-refractivity contribution is 5.98. The molecular formula is C25H25F3N4O3. The normalized spacial score (nSPS) is 14.5. The zero-order valence-corrected chi connectivity index (χ0v) is 19.0. The maximum atomic E-state index is 13.3. The standard InChI is InChI=1S/C25H25F3N4O3/c1-15(33)31-19-8-6-16(7-9-19)22-21(32-24(35-22)17-10-12-29-13-11-17)23(34)30-14-18-4-2-3-5-20(18)25(26,27)28/h2-9,17,29H,10-14H2,1H3,(H,30,34)(H,31,33). The zero-order valence-electron chi connectivity index (χ0n) is 19.0. The van der Waals surface area contributed by atoms with E-state index in [0.29, 0.717) is 17.1 Å². The number of carbonyl (C=O) groups is 2. The van der Waals surface area contributed by atoms with Crippen molar-refractivity contribution in [2.75, 3.05) is 18.4 Å². The van der Waals surface area contributed by atoms with Crippen molar-refractivity contribution in [3.05, 3.63) is 71.2 Å². The summed E-state index contributed by atoms with van der Waals surface area (Å²) >= 11 is 0. The van der Waals surface area contributed by atoms with Crippen molar-refractivity contribution in [2.45, 2.75) is 38.4 Å². The van der Waals surface area contributed by atoms with Crippen LogP contribution in [0.5, 0.6) is 0 Å². The fraction of sp³-hybridized carbons (Fsp3) is 0.320. The molecule has 35 heavy (non-hydrogen) atoms. The highest BCUT2D eigenvalue weighted by atomic mass is 19.4. The van der Waals surface area contributed by atoms with E-state index in [2.05, 4.69) is 20.9 Å². The quantitative estimate of drug-likeness (QED) is 0.469. The molecule has 1 aliphatic heterocycles. The minimum Gasteiger partial charge on any atom is -0.440 e. The van der Waals surface area contributed by atoms with E-state index in [0.717, 1.165) is 32.0 Å². The first kappa shape index (κ1) is 24.5. The summed E-state index contributed by atoms with van der Waals surface area (Å²) in [4.78, 5) is 28.9. The van der Waals surface area contributed by atoms with Crippen LogP contribution in [0.4, 0.5) is 18.9 Å². The number of anilines is 1. The van der Waals surface area contributed by atoms with E-state index < -0.39 is 17.6 Å². The first-order valence-corrected chi connectivity index (χ1v) is 11.2. The molecule has 0 atom stereocenters. The number of amides is 2. The lowest BCUT2D eigenvalue weighted by atomic mass is 9.98. The summed E-state index contributed by atoms with van der Waals surface area (Å²) in [6.45, 7) is 2.67. The molecule has 0 aliphatic carbocycles. The van der Waals surface area contributed by atoms with Crippen LogP contribution in [0, 0.1) is 0 Å². The van der Waals surface area contributed by atoms with Crippen LogP contribution in [0.3, 0.4) is 0 Å². The second-order valence-electron chi connectivity index (χ2n) is 8.35. The number of benzene rings is 2. The lowest BCUT2D eigenvalue weighted by Crippen LogP contribution is -2.27. The van der Waals surface area contributed by atoms with Gasteiger partial charge >= 0.3 is 6.18 Å². The van der Waals surface area contributed by atoms with Gasteiger partial charge in [0.05, 0.1) is 5.56 Å². The van der Waals surface area contributed by atoms with Crippen molar-refractivity contribution in [1.29, 1.82) is 0 Å². The van der Waals surface area contributed by atoms with Gasteiger partial charge in [-0.2, -0.15) is 13.2 Å². The first-order chi connectivity index (χ1) is 16.7. The zero-order chi connectivity index (χ0) is 25.0. The van der Waals surface area contributed by atoms with Crippen LogP contribution < -0.4 is 16.0 Å². The third kappa shape index (κ3) is 5.89. The van der Waals surface area contributed by atoms with Gasteiger partial charge in [-0.15, -0.1) is 0 Å². The van der Waals surface area contributed by atoms with Crippen molar-refractivity contribution in [3.63, 3.8) is 0 Å². The molecule has 2 amide bonds. The number of piperidine rings is 1. The predicted octanol–water partition coefficient (Wildman–Crippen LogP) is 4.72. The fourth-order valence-corrected chi connectivity index (χ4v) is 4.05. The van der Waals surface area contributed by atoms with E-state index in [1.54, 1.807) is 24.3 Å². The Morgan fingerprint density at radius 3 is 2.43 bits per heavy atom. The van der Waals surface area contributed by atoms with E-state index in [4.69, 9.17) is 4.42 Å². The molecule has 0 radical (unpaired) electrons. The van der Waals surface area contributed by atoms with E-state index in [-0.39, 0.29) is 35.4 Å². The molecule has 0 saturated carbocycles. The van der Waals surface area contributed by atoms with E-state index in [1.165, 1.54) is 25.1 Å². The molecule has 4 rings (SSSR count). The van der Waals surface area contributed by atoms with Gasteiger partial charge in [0.25, 0.3) is 5.91 Å². The number of carbonyl (C=O) groups excluding carboxylic acids is 2. The highest BCUT2D eigenvalue weighted by Crippen LogP contribution is 2.33. The Morgan fingerprint density at radius 1 is 1.09 bits per heavy atom. The Balaban J connectivity index is 1.62. The maximum Gasteiger partial charge on any atom is 0.416 e. The van der Waals surface area contributed by atoms with E-state index in [1.807, 2.05) is 0 Å². The van der Waals surface area contributed by atoms with Crippen molar-refractivity contribution >= 4 is 17.5 Å². The molecular weight excluding hydrogens is 461 g/mol. The Labute approximate surface area is 200 Å². The van der Waals surface area contributed by atoms with Crippen molar-refractivity contribution < 1.29 is 27.2 Å². The van der Waals surface area contributed by atoms with Gasteiger partial charge in [0.2, 0.25) is 5.91 Å². The monoisotopic (exact) mass is 486 g/mol. The molecule has 3 N–H and O–H groups in total. The fourth-order valence-electron chi connectivity index (χ4n) is 4.05. The van der Waals surface area contributed by atoms with Crippen molar-refractivity contribution in [1.82, 2.24) is 15.6 Å². The van der Waals surface area contributed by atoms with Gasteiger partial charge in [-0.05, 0) is 61.8 Å². The third-order valence-electron chi connectivity index (χ3n) is 5.78. The summed E-state index contributed by atoms with van der Waals surface area (Å²) in [5.41, 5.74) is 0.304. The summed E-state index contributed by atoms with van der Waals surface area (Å²) in [6, 6.07) is 11.8. The predicted molar refractivity (Wildman–Crippen MR) is 124 cm³/mol. The molecule has 0 spiro atoms. The Kier molecular flexibility index (Phi) is 7.20. The van der Waals surface area contributed by atoms with Crippen LogP contribution in [0.15, 0.2) is 52.9 Å². The number of rotatable bonds is 6. The van der Waals surface area contributed by atoms with Gasteiger partial charge in [-0.25, -0.2) is 4.98 Å². The second-order valence-corrected chi connectivity index (χ2v) is 8.35. The number of halogens is 3. The minimum absolute atomic E-state index is 0.00954. The van der Waals surface area contributed by atoms with Crippen LogP contribution in [0.2, 0.25) is 0 Å². The summed E-state index contributed by atoms with van der Waals surface area (Å²) in [5.74, 6) is -0.166. The van der Waals surface area contributed by atoms with Gasteiger partial charge in [0.15, 0.2) is 17.3 Å². The number of nitrogens with zero attached hydrogens (tertiary/aromatic N) is 1. The van der Waals surface area contributed by atoms with Crippen molar-refractivity contribution in [3.8, 4) is 11.3 Å². The van der Waals surface area contributed by atoms with E-state index >= 15 is 0 Å². The first-order valence-electron chi connectivity index (χ1n) is 11.2. The molecule has 0 unspecified atom stereocenters. The maximum absolute atomic E-state index is 13.3. The van der Waals surface area contributed by atoms with Crippen molar-refractivity contribution in [2.24, 2.45) is 0 Å². The molecule has 7 nitrogen and oxygen atoms in total. The lowest BCUT2D eigenvalue weighted by Gasteiger charge is -2.19. The molecule has 2 aromatic carbocycles. The Bertz CT molecular complexity index is 1200. The largest absolute Gasteiger partial charge is 0.440 e. The minimum atomic E-state index is -4.53. The molecule has 0 bridgehead atoms. The molecule has 1 fully saturated rings. The lowest BCUT2D eigenvalue weighted by molar-refractivity contribution is -0.138. The summed E-state index contributed by atoms with van der Waals surface area (Å²) in [6.07, 6.45) is -2.94. The second kappa shape index (κ2) is 10.3. The topological polar surface area (TPSA) is 96.3 Å². The van der Waals surface area contributed by atoms with Gasteiger partial charge in [-0.3, -0.25) is 9.59 Å². The molecule has 2 heterocycles. The Hall–Kier alpha value is -3.66. The Morgan fingerprint density at radius 2 is 1.77 bits per heavy atom. The van der Waals surface area contributed by atoms with Crippen LogP contribution in [0.1, 0.15) is 53.2 Å². The summed E-state index contributed by atoms with van der Waals surface area (Å²) in [5, 5.41) is 8.49. The third-order valence-corrected chi connectivity index (χ3v) is 5.78. The smallest absolute Gasteiger partial charge is 0.416 e. The molecule has 1 aromatic heterocycles. The van der Waals surface area contributed by atoms with Gasteiger partial charge < -0.3 is 20.4 Å². The summed E-state index contributed by atoms with van der Waals surface area (Å²) < 4.78 is 46.0. The van der Waals surface area contributed by atoms with Crippen LogP contribution in [0.25, 0.3) is 11.3 Å². The molecule has 184 valence electrons. The molecule has 1 aliphatic rings. The number of nitrogens with one attached hydrogen (secondary N) is 3. The average molecular weight is 486 g/mol.